The zero-order valence-corrected chi connectivity index (χ0v) is 14.5. The molecule has 1 aromatic carbocycles. The van der Waals surface area contributed by atoms with E-state index in [-0.39, 0.29) is 30.0 Å². The summed E-state index contributed by atoms with van der Waals surface area (Å²) in [4.78, 5) is 16.2. The number of carbonyl (C=O) groups excluding carboxylic acids is 1. The zero-order chi connectivity index (χ0) is 16.9. The van der Waals surface area contributed by atoms with Crippen LogP contribution < -0.4 is 4.90 Å². The second kappa shape index (κ2) is 7.79. The molecular weight excluding hydrogens is 316 g/mol. The summed E-state index contributed by atoms with van der Waals surface area (Å²) < 4.78 is 28.5. The molecule has 0 aromatic heterocycles. The van der Waals surface area contributed by atoms with Crippen LogP contribution in [0.3, 0.4) is 0 Å². The van der Waals surface area contributed by atoms with Crippen LogP contribution in [0.5, 0.6) is 0 Å². The van der Waals surface area contributed by atoms with Crippen molar-refractivity contribution in [2.24, 2.45) is 0 Å². The largest absolute Gasteiger partial charge is 0.383 e. The fourth-order valence-electron chi connectivity index (χ4n) is 2.79. The summed E-state index contributed by atoms with van der Waals surface area (Å²) in [5.74, 6) is 0.135. The number of amides is 1. The van der Waals surface area contributed by atoms with E-state index < -0.39 is 9.84 Å². The molecule has 23 heavy (non-hydrogen) atoms. The van der Waals surface area contributed by atoms with E-state index in [0.717, 1.165) is 5.69 Å². The van der Waals surface area contributed by atoms with Crippen molar-refractivity contribution in [3.63, 3.8) is 0 Å². The minimum Gasteiger partial charge on any atom is -0.383 e. The van der Waals surface area contributed by atoms with Gasteiger partial charge in [0.05, 0.1) is 24.7 Å². The Bertz CT molecular complexity index is 618. The molecule has 2 rings (SSSR count). The molecule has 0 saturated carbocycles. The summed E-state index contributed by atoms with van der Waals surface area (Å²) >= 11 is 0. The maximum atomic E-state index is 12.7. The monoisotopic (exact) mass is 340 g/mol. The van der Waals surface area contributed by atoms with Gasteiger partial charge in [0.1, 0.15) is 0 Å². The number of benzene rings is 1. The average Bonchev–Trinajstić information content (AvgIpc) is 2.88. The molecule has 1 amide bonds. The number of carbonyl (C=O) groups is 1. The number of likely N-dealkylation sites (N-methyl/N-ethyl adjacent to an activating group) is 1. The molecule has 0 N–H and O–H groups in total. The Labute approximate surface area is 137 Å². The number of rotatable bonds is 7. The van der Waals surface area contributed by atoms with E-state index in [1.807, 2.05) is 42.3 Å². The first-order valence-electron chi connectivity index (χ1n) is 7.68. The van der Waals surface area contributed by atoms with Gasteiger partial charge in [-0.15, -0.1) is 0 Å². The molecule has 0 radical (unpaired) electrons. The number of anilines is 1. The molecule has 1 aliphatic heterocycles. The Morgan fingerprint density at radius 1 is 1.30 bits per heavy atom. The van der Waals surface area contributed by atoms with Gasteiger partial charge in [-0.1, -0.05) is 18.2 Å². The van der Waals surface area contributed by atoms with Crippen LogP contribution >= 0.6 is 0 Å². The predicted molar refractivity (Wildman–Crippen MR) is 90.4 cm³/mol. The third-order valence-electron chi connectivity index (χ3n) is 4.08. The Morgan fingerprint density at radius 2 is 2.00 bits per heavy atom. The molecule has 1 atom stereocenters. The normalized spacial score (nSPS) is 19.5. The van der Waals surface area contributed by atoms with Gasteiger partial charge in [-0.3, -0.25) is 4.79 Å². The van der Waals surface area contributed by atoms with Gasteiger partial charge >= 0.3 is 0 Å². The Kier molecular flexibility index (Phi) is 6.01. The van der Waals surface area contributed by atoms with Crippen LogP contribution in [0.1, 0.15) is 6.42 Å². The van der Waals surface area contributed by atoms with Crippen LogP contribution in [-0.2, 0) is 19.4 Å². The summed E-state index contributed by atoms with van der Waals surface area (Å²) in [7, 11) is 0.400. The van der Waals surface area contributed by atoms with Crippen molar-refractivity contribution < 1.29 is 17.9 Å². The summed E-state index contributed by atoms with van der Waals surface area (Å²) in [5, 5.41) is 0. The third kappa shape index (κ3) is 4.94. The smallest absolute Gasteiger partial charge is 0.242 e. The molecule has 1 heterocycles. The summed E-state index contributed by atoms with van der Waals surface area (Å²) in [6.45, 7) is 1.03. The van der Waals surface area contributed by atoms with Gasteiger partial charge in [0.25, 0.3) is 0 Å². The summed E-state index contributed by atoms with van der Waals surface area (Å²) in [6, 6.07) is 9.39. The molecule has 1 unspecified atom stereocenters. The highest BCUT2D eigenvalue weighted by Gasteiger charge is 2.34. The second-order valence-electron chi connectivity index (χ2n) is 5.83. The minimum atomic E-state index is -3.03. The van der Waals surface area contributed by atoms with E-state index >= 15 is 0 Å². The summed E-state index contributed by atoms with van der Waals surface area (Å²) in [6.07, 6.45) is 0.507. The van der Waals surface area contributed by atoms with Crippen LogP contribution in [0.4, 0.5) is 5.69 Å². The van der Waals surface area contributed by atoms with Crippen molar-refractivity contribution in [3.05, 3.63) is 30.3 Å². The first-order chi connectivity index (χ1) is 10.9. The third-order valence-corrected chi connectivity index (χ3v) is 5.83. The van der Waals surface area contributed by atoms with Gasteiger partial charge < -0.3 is 14.5 Å². The van der Waals surface area contributed by atoms with Gasteiger partial charge in [-0.25, -0.2) is 8.42 Å². The lowest BCUT2D eigenvalue weighted by atomic mass is 10.2. The van der Waals surface area contributed by atoms with Crippen molar-refractivity contribution >= 4 is 21.4 Å². The fraction of sp³-hybridized carbons (Fsp3) is 0.562. The Balaban J connectivity index is 2.04. The van der Waals surface area contributed by atoms with Crippen LogP contribution in [0, 0.1) is 0 Å². The minimum absolute atomic E-state index is 0.0531. The number of nitrogens with zero attached hydrogens (tertiary/aromatic N) is 2. The van der Waals surface area contributed by atoms with Crippen molar-refractivity contribution in [3.8, 4) is 0 Å². The average molecular weight is 340 g/mol. The maximum absolute atomic E-state index is 12.7. The number of para-hydroxylation sites is 1. The molecule has 1 aromatic rings. The number of sulfone groups is 1. The van der Waals surface area contributed by atoms with Gasteiger partial charge in [-0.05, 0) is 18.6 Å². The van der Waals surface area contributed by atoms with Crippen molar-refractivity contribution in [1.82, 2.24) is 4.90 Å². The first kappa shape index (κ1) is 17.7. The van der Waals surface area contributed by atoms with Gasteiger partial charge in [-0.2, -0.15) is 0 Å². The first-order valence-corrected chi connectivity index (χ1v) is 9.50. The zero-order valence-electron chi connectivity index (χ0n) is 13.6. The number of ether oxygens (including phenoxy) is 1. The van der Waals surface area contributed by atoms with Gasteiger partial charge in [0.15, 0.2) is 9.84 Å². The Hall–Kier alpha value is -1.60. The van der Waals surface area contributed by atoms with E-state index in [0.29, 0.717) is 19.6 Å². The molecule has 1 fully saturated rings. The fourth-order valence-corrected chi connectivity index (χ4v) is 4.52. The lowest BCUT2D eigenvalue weighted by Gasteiger charge is -2.30. The molecule has 6 nitrogen and oxygen atoms in total. The highest BCUT2D eigenvalue weighted by atomic mass is 32.2. The molecular formula is C16H24N2O4S. The molecule has 1 aliphatic rings. The van der Waals surface area contributed by atoms with Gasteiger partial charge in [0, 0.05) is 32.4 Å². The second-order valence-corrected chi connectivity index (χ2v) is 8.06. The van der Waals surface area contributed by atoms with Gasteiger partial charge in [0.2, 0.25) is 5.91 Å². The van der Waals surface area contributed by atoms with E-state index in [1.54, 1.807) is 12.0 Å². The summed E-state index contributed by atoms with van der Waals surface area (Å²) in [5.41, 5.74) is 0.951. The van der Waals surface area contributed by atoms with Crippen molar-refractivity contribution in [1.29, 1.82) is 0 Å². The van der Waals surface area contributed by atoms with E-state index in [2.05, 4.69) is 0 Å². The van der Waals surface area contributed by atoms with E-state index in [4.69, 9.17) is 4.74 Å². The Morgan fingerprint density at radius 3 is 2.57 bits per heavy atom. The van der Waals surface area contributed by atoms with Crippen LogP contribution in [0.2, 0.25) is 0 Å². The number of hydrogen-bond donors (Lipinski definition) is 0. The lowest BCUT2D eigenvalue weighted by molar-refractivity contribution is -0.132. The molecule has 0 aliphatic carbocycles. The molecule has 128 valence electrons. The highest BCUT2D eigenvalue weighted by molar-refractivity contribution is 7.91. The van der Waals surface area contributed by atoms with E-state index in [9.17, 15) is 13.2 Å². The highest BCUT2D eigenvalue weighted by Crippen LogP contribution is 2.19. The van der Waals surface area contributed by atoms with Crippen LogP contribution in [0.15, 0.2) is 30.3 Å². The van der Waals surface area contributed by atoms with Crippen LogP contribution in [-0.4, -0.2) is 70.6 Å². The molecule has 7 heteroatoms. The van der Waals surface area contributed by atoms with Crippen LogP contribution in [0.25, 0.3) is 0 Å². The lowest BCUT2D eigenvalue weighted by Crippen LogP contribution is -2.47. The standard InChI is InChI=1S/C16H24N2O4S/c1-17(14-6-4-3-5-7-14)12-16(19)18(9-10-22-2)15-8-11-23(20,21)13-15/h3-7,15H,8-13H2,1-2H3. The number of methoxy groups -OCH3 is 1. The number of hydrogen-bond acceptors (Lipinski definition) is 5. The quantitative estimate of drug-likeness (QED) is 0.734. The maximum Gasteiger partial charge on any atom is 0.242 e. The topological polar surface area (TPSA) is 66.9 Å². The SMILES string of the molecule is COCCN(C(=O)CN(C)c1ccccc1)C1CCS(=O)(=O)C1. The van der Waals surface area contributed by atoms with Crippen molar-refractivity contribution in [2.45, 2.75) is 12.5 Å². The van der Waals surface area contributed by atoms with E-state index in [1.165, 1.54) is 0 Å². The molecule has 0 bridgehead atoms. The molecule has 0 spiro atoms. The molecule has 1 saturated heterocycles. The van der Waals surface area contributed by atoms with Crippen molar-refractivity contribution in [2.75, 3.05) is 50.3 Å². The predicted octanol–water partition coefficient (Wildman–Crippen LogP) is 0.785.